The number of alkyl halides is 1. The summed E-state index contributed by atoms with van der Waals surface area (Å²) in [6, 6.07) is 9.65. The average Bonchev–Trinajstić information content (AvgIpc) is 2.19. The molecule has 0 aliphatic carbocycles. The van der Waals surface area contributed by atoms with Crippen molar-refractivity contribution < 1.29 is 14.3 Å². The molecule has 0 aliphatic rings. The van der Waals surface area contributed by atoms with Crippen LogP contribution >= 0.6 is 0 Å². The van der Waals surface area contributed by atoms with Crippen molar-refractivity contribution in [1.29, 1.82) is 0 Å². The number of aryl methyl sites for hydroxylation is 1. The van der Waals surface area contributed by atoms with Crippen molar-refractivity contribution in [3.63, 3.8) is 0 Å². The van der Waals surface area contributed by atoms with Crippen LogP contribution in [0.3, 0.4) is 0 Å². The van der Waals surface area contributed by atoms with Crippen LogP contribution in [0.25, 0.3) is 0 Å². The predicted molar refractivity (Wildman–Crippen MR) is 51.9 cm³/mol. The van der Waals surface area contributed by atoms with Crippen LogP contribution in [-0.2, 0) is 11.2 Å². The third-order valence-electron chi connectivity index (χ3n) is 2.03. The molecule has 0 spiro atoms. The lowest BCUT2D eigenvalue weighted by Gasteiger charge is -2.02. The number of carboxylic acids is 1. The molecule has 0 amide bonds. The van der Waals surface area contributed by atoms with E-state index in [2.05, 4.69) is 0 Å². The first kappa shape index (κ1) is 10.7. The fraction of sp³-hybridized carbons (Fsp3) is 0.364. The number of benzene rings is 1. The molecule has 0 fully saturated rings. The van der Waals surface area contributed by atoms with Crippen molar-refractivity contribution >= 4 is 5.97 Å². The molecule has 0 radical (unpaired) electrons. The Bertz CT molecular complexity index is 285. The number of hydrogen-bond acceptors (Lipinski definition) is 1. The smallest absolute Gasteiger partial charge is 0.338 e. The molecule has 0 heterocycles. The summed E-state index contributed by atoms with van der Waals surface area (Å²) in [5, 5.41) is 8.30. The van der Waals surface area contributed by atoms with Crippen LogP contribution < -0.4 is 0 Å². The Labute approximate surface area is 82.4 Å². The molecule has 0 bridgehead atoms. The molecule has 0 aromatic heterocycles. The van der Waals surface area contributed by atoms with Crippen LogP contribution in [0.2, 0.25) is 0 Å². The lowest BCUT2D eigenvalue weighted by Crippen LogP contribution is -2.14. The molecule has 0 saturated heterocycles. The van der Waals surface area contributed by atoms with Crippen molar-refractivity contribution in [2.75, 3.05) is 0 Å². The second-order valence-electron chi connectivity index (χ2n) is 3.18. The summed E-state index contributed by atoms with van der Waals surface area (Å²) < 4.78 is 12.6. The van der Waals surface area contributed by atoms with Gasteiger partial charge in [0.15, 0.2) is 6.17 Å². The second-order valence-corrected chi connectivity index (χ2v) is 3.18. The summed E-state index contributed by atoms with van der Waals surface area (Å²) in [5.74, 6) is -1.36. The van der Waals surface area contributed by atoms with Crippen molar-refractivity contribution in [3.05, 3.63) is 35.9 Å². The van der Waals surface area contributed by atoms with E-state index in [4.69, 9.17) is 5.11 Å². The summed E-state index contributed by atoms with van der Waals surface area (Å²) >= 11 is 0. The number of aliphatic carboxylic acids is 1. The molecule has 1 N–H and O–H groups in total. The van der Waals surface area contributed by atoms with E-state index in [1.54, 1.807) is 0 Å². The highest BCUT2D eigenvalue weighted by atomic mass is 19.1. The van der Waals surface area contributed by atoms with Crippen LogP contribution in [-0.4, -0.2) is 17.2 Å². The second kappa shape index (κ2) is 5.37. The number of halogens is 1. The van der Waals surface area contributed by atoms with Crippen LogP contribution in [0, 0.1) is 0 Å². The summed E-state index contributed by atoms with van der Waals surface area (Å²) in [4.78, 5) is 10.2. The van der Waals surface area contributed by atoms with Gasteiger partial charge in [-0.25, -0.2) is 9.18 Å². The molecule has 14 heavy (non-hydrogen) atoms. The maximum atomic E-state index is 12.6. The third kappa shape index (κ3) is 3.56. The van der Waals surface area contributed by atoms with Crippen LogP contribution in [0.1, 0.15) is 18.4 Å². The van der Waals surface area contributed by atoms with Gasteiger partial charge in [-0.3, -0.25) is 0 Å². The lowest BCUT2D eigenvalue weighted by atomic mass is 10.1. The maximum Gasteiger partial charge on any atom is 0.338 e. The summed E-state index contributed by atoms with van der Waals surface area (Å²) in [6.07, 6.45) is -0.338. The normalized spacial score (nSPS) is 12.4. The van der Waals surface area contributed by atoms with Gasteiger partial charge in [0, 0.05) is 0 Å². The molecule has 2 nitrogen and oxygen atoms in total. The topological polar surface area (TPSA) is 37.3 Å². The van der Waals surface area contributed by atoms with Crippen molar-refractivity contribution in [2.24, 2.45) is 0 Å². The van der Waals surface area contributed by atoms with Crippen LogP contribution in [0.4, 0.5) is 4.39 Å². The Morgan fingerprint density at radius 1 is 1.36 bits per heavy atom. The first-order valence-electron chi connectivity index (χ1n) is 4.61. The molecule has 0 saturated carbocycles. The Balaban J connectivity index is 2.26. The van der Waals surface area contributed by atoms with Gasteiger partial charge in [0.2, 0.25) is 0 Å². The van der Waals surface area contributed by atoms with E-state index in [0.717, 1.165) is 12.0 Å². The molecular formula is C11H13FO2. The van der Waals surface area contributed by atoms with Crippen molar-refractivity contribution in [2.45, 2.75) is 25.4 Å². The Hall–Kier alpha value is -1.38. The van der Waals surface area contributed by atoms with Gasteiger partial charge in [-0.05, 0) is 24.8 Å². The van der Waals surface area contributed by atoms with E-state index in [1.807, 2.05) is 30.3 Å². The number of carboxylic acid groups (broad SMARTS) is 1. The highest BCUT2D eigenvalue weighted by molar-refractivity contribution is 5.71. The van der Waals surface area contributed by atoms with Crippen molar-refractivity contribution in [1.82, 2.24) is 0 Å². The average molecular weight is 196 g/mol. The third-order valence-corrected chi connectivity index (χ3v) is 2.03. The molecule has 1 atom stereocenters. The van der Waals surface area contributed by atoms with Crippen molar-refractivity contribution in [3.8, 4) is 0 Å². The van der Waals surface area contributed by atoms with Gasteiger partial charge in [0.05, 0.1) is 0 Å². The molecule has 0 unspecified atom stereocenters. The number of rotatable bonds is 5. The largest absolute Gasteiger partial charge is 0.479 e. The zero-order valence-corrected chi connectivity index (χ0v) is 7.82. The summed E-state index contributed by atoms with van der Waals surface area (Å²) in [5.41, 5.74) is 1.12. The van der Waals surface area contributed by atoms with E-state index in [9.17, 15) is 9.18 Å². The highest BCUT2D eigenvalue weighted by Gasteiger charge is 2.14. The van der Waals surface area contributed by atoms with E-state index in [0.29, 0.717) is 6.42 Å². The summed E-state index contributed by atoms with van der Waals surface area (Å²) in [7, 11) is 0. The summed E-state index contributed by atoms with van der Waals surface area (Å²) in [6.45, 7) is 0. The zero-order valence-electron chi connectivity index (χ0n) is 7.82. The quantitative estimate of drug-likeness (QED) is 0.785. The fourth-order valence-corrected chi connectivity index (χ4v) is 1.25. The van der Waals surface area contributed by atoms with Gasteiger partial charge in [0.25, 0.3) is 0 Å². The fourth-order valence-electron chi connectivity index (χ4n) is 1.25. The first-order chi connectivity index (χ1) is 6.70. The first-order valence-corrected chi connectivity index (χ1v) is 4.61. The Morgan fingerprint density at radius 2 is 2.00 bits per heavy atom. The monoisotopic (exact) mass is 196 g/mol. The number of carbonyl (C=O) groups is 1. The van der Waals surface area contributed by atoms with Gasteiger partial charge >= 0.3 is 5.97 Å². The highest BCUT2D eigenvalue weighted by Crippen LogP contribution is 2.08. The van der Waals surface area contributed by atoms with Gasteiger partial charge in [0.1, 0.15) is 0 Å². The van der Waals surface area contributed by atoms with Gasteiger partial charge < -0.3 is 5.11 Å². The van der Waals surface area contributed by atoms with E-state index >= 15 is 0 Å². The van der Waals surface area contributed by atoms with Gasteiger partial charge in [-0.2, -0.15) is 0 Å². The SMILES string of the molecule is O=C(O)[C@@H](F)CCCc1ccccc1. The molecule has 0 aliphatic heterocycles. The van der Waals surface area contributed by atoms with Crippen LogP contribution in [0.15, 0.2) is 30.3 Å². The van der Waals surface area contributed by atoms with Gasteiger partial charge in [-0.15, -0.1) is 0 Å². The lowest BCUT2D eigenvalue weighted by molar-refractivity contribution is -0.143. The van der Waals surface area contributed by atoms with E-state index in [1.165, 1.54) is 0 Å². The number of hydrogen-bond donors (Lipinski definition) is 1. The minimum absolute atomic E-state index is 0.0875. The molecular weight excluding hydrogens is 183 g/mol. The van der Waals surface area contributed by atoms with Crippen LogP contribution in [0.5, 0.6) is 0 Å². The van der Waals surface area contributed by atoms with E-state index in [-0.39, 0.29) is 6.42 Å². The molecule has 3 heteroatoms. The molecule has 1 aromatic carbocycles. The standard InChI is InChI=1S/C11H13FO2/c12-10(11(13)14)8-4-7-9-5-2-1-3-6-9/h1-3,5-6,10H,4,7-8H2,(H,13,14)/t10-/m0/s1. The maximum absolute atomic E-state index is 12.6. The van der Waals surface area contributed by atoms with Gasteiger partial charge in [-0.1, -0.05) is 30.3 Å². The Morgan fingerprint density at radius 3 is 2.57 bits per heavy atom. The van der Waals surface area contributed by atoms with E-state index < -0.39 is 12.1 Å². The molecule has 1 aromatic rings. The Kier molecular flexibility index (Phi) is 4.11. The minimum atomic E-state index is -1.72. The molecule has 76 valence electrons. The zero-order chi connectivity index (χ0) is 10.4. The predicted octanol–water partition coefficient (Wildman–Crippen LogP) is 2.43. The minimum Gasteiger partial charge on any atom is -0.479 e. The molecule has 1 rings (SSSR count).